The minimum Gasteiger partial charge on any atom is -0.267 e. The second-order valence-electron chi connectivity index (χ2n) is 3.54. The van der Waals surface area contributed by atoms with Gasteiger partial charge in [-0.25, -0.2) is 0 Å². The Morgan fingerprint density at radius 2 is 2.12 bits per heavy atom. The van der Waals surface area contributed by atoms with Crippen molar-refractivity contribution in [1.82, 2.24) is 9.78 Å². The number of hydrogen-bond donors (Lipinski definition) is 0. The maximum Gasteiger partial charge on any atom is 0.126 e. The molecule has 0 fully saturated rings. The number of hydrogen-bond acceptors (Lipinski definition) is 1. The summed E-state index contributed by atoms with van der Waals surface area (Å²) in [4.78, 5) is 0. The summed E-state index contributed by atoms with van der Waals surface area (Å²) in [6.07, 6.45) is 2.01. The van der Waals surface area contributed by atoms with Gasteiger partial charge in [0.1, 0.15) is 3.70 Å². The van der Waals surface area contributed by atoms with E-state index < -0.39 is 0 Å². The van der Waals surface area contributed by atoms with Gasteiger partial charge in [0.25, 0.3) is 0 Å². The molecule has 0 N–H and O–H groups in total. The molecule has 0 amide bonds. The van der Waals surface area contributed by atoms with Gasteiger partial charge in [-0.1, -0.05) is 29.3 Å². The van der Waals surface area contributed by atoms with Crippen LogP contribution in [0.25, 0.3) is 0 Å². The maximum absolute atomic E-state index is 6.10. The highest BCUT2D eigenvalue weighted by Crippen LogP contribution is 2.22. The van der Waals surface area contributed by atoms with Gasteiger partial charge in [-0.3, -0.25) is 4.68 Å². The molecular formula is C11H9Cl2IN2. The molecule has 1 aromatic heterocycles. The van der Waals surface area contributed by atoms with Crippen molar-refractivity contribution in [3.63, 3.8) is 0 Å². The van der Waals surface area contributed by atoms with Gasteiger partial charge in [0, 0.05) is 21.8 Å². The Labute approximate surface area is 118 Å². The van der Waals surface area contributed by atoms with Crippen molar-refractivity contribution in [2.45, 2.75) is 13.5 Å². The van der Waals surface area contributed by atoms with Gasteiger partial charge in [-0.05, 0) is 47.2 Å². The molecule has 0 aliphatic heterocycles. The first-order chi connectivity index (χ1) is 7.56. The molecule has 16 heavy (non-hydrogen) atoms. The van der Waals surface area contributed by atoms with Gasteiger partial charge >= 0.3 is 0 Å². The fourth-order valence-corrected chi connectivity index (χ4v) is 2.29. The highest BCUT2D eigenvalue weighted by Gasteiger charge is 2.05. The lowest BCUT2D eigenvalue weighted by atomic mass is 10.2. The zero-order valence-electron chi connectivity index (χ0n) is 8.54. The van der Waals surface area contributed by atoms with E-state index in [9.17, 15) is 0 Å². The minimum atomic E-state index is 0.653. The van der Waals surface area contributed by atoms with E-state index in [0.717, 1.165) is 9.26 Å². The number of halogens is 3. The van der Waals surface area contributed by atoms with Gasteiger partial charge in [-0.2, -0.15) is 5.10 Å². The molecular weight excluding hydrogens is 358 g/mol. The Kier molecular flexibility index (Phi) is 3.77. The van der Waals surface area contributed by atoms with E-state index in [0.29, 0.717) is 16.6 Å². The summed E-state index contributed by atoms with van der Waals surface area (Å²) in [6.45, 7) is 2.70. The molecule has 0 aliphatic carbocycles. The average Bonchev–Trinajstić information content (AvgIpc) is 2.51. The molecule has 2 nitrogen and oxygen atoms in total. The largest absolute Gasteiger partial charge is 0.267 e. The van der Waals surface area contributed by atoms with Crippen LogP contribution in [-0.4, -0.2) is 9.78 Å². The van der Waals surface area contributed by atoms with Gasteiger partial charge in [-0.15, -0.1) is 0 Å². The van der Waals surface area contributed by atoms with E-state index in [1.165, 1.54) is 5.56 Å². The molecule has 0 unspecified atom stereocenters. The molecule has 0 saturated heterocycles. The van der Waals surface area contributed by atoms with Crippen LogP contribution in [0, 0.1) is 10.6 Å². The van der Waals surface area contributed by atoms with Crippen LogP contribution in [-0.2, 0) is 6.54 Å². The molecule has 0 saturated carbocycles. The van der Waals surface area contributed by atoms with Crippen LogP contribution in [0.3, 0.4) is 0 Å². The zero-order chi connectivity index (χ0) is 11.7. The lowest BCUT2D eigenvalue weighted by Gasteiger charge is -2.04. The molecule has 2 aromatic rings. The zero-order valence-corrected chi connectivity index (χ0v) is 12.2. The highest BCUT2D eigenvalue weighted by atomic mass is 127. The van der Waals surface area contributed by atoms with Crippen molar-refractivity contribution in [2.75, 3.05) is 0 Å². The standard InChI is InChI=1S/C11H9Cl2IN2/c1-7-5-16(15-11(7)14)6-8-2-3-9(12)4-10(8)13/h2-5H,6H2,1H3. The molecule has 1 aromatic carbocycles. The van der Waals surface area contributed by atoms with Crippen LogP contribution >= 0.6 is 45.8 Å². The van der Waals surface area contributed by atoms with E-state index in [1.807, 2.05) is 29.9 Å². The van der Waals surface area contributed by atoms with Crippen LogP contribution in [0.1, 0.15) is 11.1 Å². The normalized spacial score (nSPS) is 10.8. The van der Waals surface area contributed by atoms with E-state index in [4.69, 9.17) is 23.2 Å². The molecule has 0 bridgehead atoms. The van der Waals surface area contributed by atoms with Crippen molar-refractivity contribution in [3.8, 4) is 0 Å². The fourth-order valence-electron chi connectivity index (χ4n) is 1.40. The first-order valence-electron chi connectivity index (χ1n) is 4.70. The van der Waals surface area contributed by atoms with Gasteiger partial charge < -0.3 is 0 Å². The summed E-state index contributed by atoms with van der Waals surface area (Å²) >= 11 is 14.2. The SMILES string of the molecule is Cc1cn(Cc2ccc(Cl)cc2Cl)nc1I. The van der Waals surface area contributed by atoms with Crippen molar-refractivity contribution in [3.05, 3.63) is 49.3 Å². The van der Waals surface area contributed by atoms with E-state index in [-0.39, 0.29) is 0 Å². The first-order valence-corrected chi connectivity index (χ1v) is 6.53. The van der Waals surface area contributed by atoms with Gasteiger partial charge in [0.2, 0.25) is 0 Å². The summed E-state index contributed by atoms with van der Waals surface area (Å²) in [6, 6.07) is 5.51. The molecule has 84 valence electrons. The van der Waals surface area contributed by atoms with Gasteiger partial charge in [0.05, 0.1) is 6.54 Å². The number of aryl methyl sites for hydroxylation is 1. The third-order valence-corrected chi connectivity index (χ3v) is 3.89. The summed E-state index contributed by atoms with van der Waals surface area (Å²) in [5, 5.41) is 5.71. The third kappa shape index (κ3) is 2.70. The van der Waals surface area contributed by atoms with Crippen LogP contribution in [0.4, 0.5) is 0 Å². The molecule has 1 heterocycles. The second-order valence-corrected chi connectivity index (χ2v) is 5.40. The Bertz CT molecular complexity index is 503. The smallest absolute Gasteiger partial charge is 0.126 e. The maximum atomic E-state index is 6.10. The van der Waals surface area contributed by atoms with E-state index >= 15 is 0 Å². The predicted molar refractivity (Wildman–Crippen MR) is 75.2 cm³/mol. The van der Waals surface area contributed by atoms with Gasteiger partial charge in [0.15, 0.2) is 0 Å². The predicted octanol–water partition coefficient (Wildman–Crippen LogP) is 4.15. The van der Waals surface area contributed by atoms with Crippen molar-refractivity contribution >= 4 is 45.8 Å². The van der Waals surface area contributed by atoms with Crippen LogP contribution in [0.5, 0.6) is 0 Å². The van der Waals surface area contributed by atoms with Crippen molar-refractivity contribution in [1.29, 1.82) is 0 Å². The quantitative estimate of drug-likeness (QED) is 0.730. The Balaban J connectivity index is 2.27. The van der Waals surface area contributed by atoms with E-state index in [1.54, 1.807) is 6.07 Å². The minimum absolute atomic E-state index is 0.653. The number of benzene rings is 1. The Morgan fingerprint density at radius 1 is 1.38 bits per heavy atom. The topological polar surface area (TPSA) is 17.8 Å². The molecule has 5 heteroatoms. The molecule has 0 spiro atoms. The van der Waals surface area contributed by atoms with Crippen LogP contribution in [0.2, 0.25) is 10.0 Å². The molecule has 0 radical (unpaired) electrons. The average molecular weight is 367 g/mol. The first kappa shape index (κ1) is 12.2. The Hall–Kier alpha value is -0.260. The second kappa shape index (κ2) is 4.94. The summed E-state index contributed by atoms with van der Waals surface area (Å²) in [5.74, 6) is 0. The summed E-state index contributed by atoms with van der Waals surface area (Å²) in [5.41, 5.74) is 2.19. The van der Waals surface area contributed by atoms with Crippen LogP contribution in [0.15, 0.2) is 24.4 Å². The van der Waals surface area contributed by atoms with Crippen molar-refractivity contribution in [2.24, 2.45) is 0 Å². The van der Waals surface area contributed by atoms with Crippen LogP contribution < -0.4 is 0 Å². The molecule has 0 atom stereocenters. The summed E-state index contributed by atoms with van der Waals surface area (Å²) in [7, 11) is 0. The summed E-state index contributed by atoms with van der Waals surface area (Å²) < 4.78 is 2.90. The Morgan fingerprint density at radius 3 is 2.69 bits per heavy atom. The monoisotopic (exact) mass is 366 g/mol. The number of rotatable bonds is 2. The number of aromatic nitrogens is 2. The van der Waals surface area contributed by atoms with Crippen molar-refractivity contribution < 1.29 is 0 Å². The van der Waals surface area contributed by atoms with E-state index in [2.05, 4.69) is 27.7 Å². The number of nitrogens with zero attached hydrogens (tertiary/aromatic N) is 2. The highest BCUT2D eigenvalue weighted by molar-refractivity contribution is 14.1. The molecule has 0 aliphatic rings. The lowest BCUT2D eigenvalue weighted by Crippen LogP contribution is -2.01. The lowest BCUT2D eigenvalue weighted by molar-refractivity contribution is 0.681. The fraction of sp³-hybridized carbons (Fsp3) is 0.182. The third-order valence-electron chi connectivity index (χ3n) is 2.23. The molecule has 2 rings (SSSR count).